The second-order valence-electron chi connectivity index (χ2n) is 19.9. The molecule has 506 valence electrons. The van der Waals surface area contributed by atoms with Gasteiger partial charge in [-0.15, -0.1) is 10.2 Å². The van der Waals surface area contributed by atoms with Gasteiger partial charge < -0.3 is 24.2 Å². The van der Waals surface area contributed by atoms with Gasteiger partial charge in [0.15, 0.2) is 0 Å². The fourth-order valence-corrected chi connectivity index (χ4v) is 12.9. The van der Waals surface area contributed by atoms with E-state index in [9.17, 15) is 83.0 Å². The highest BCUT2D eigenvalue weighted by Crippen LogP contribution is 2.41. The lowest BCUT2D eigenvalue weighted by atomic mass is 10.1. The van der Waals surface area contributed by atoms with Gasteiger partial charge in [-0.3, -0.25) is 27.3 Å². The highest BCUT2D eigenvalue weighted by atomic mass is 32.2. The monoisotopic (exact) mass is 1450 g/mol. The maximum Gasteiger partial charge on any atom is 0.298 e. The van der Waals surface area contributed by atoms with Gasteiger partial charge in [0.1, 0.15) is 69.4 Å². The number of ether oxygens (including phenoxy) is 4. The molecule has 0 saturated carbocycles. The molecule has 0 unspecified atom stereocenters. The van der Waals surface area contributed by atoms with Crippen LogP contribution in [0.5, 0.6) is 23.0 Å². The van der Waals surface area contributed by atoms with E-state index in [1.54, 1.807) is 13.8 Å². The summed E-state index contributed by atoms with van der Waals surface area (Å²) in [5, 5.41) is 50.0. The Morgan fingerprint density at radius 2 is 0.588 bits per heavy atom. The molecule has 0 amide bonds. The summed E-state index contributed by atoms with van der Waals surface area (Å²) in [6, 6.07) is 25.5. The third-order valence-corrected chi connectivity index (χ3v) is 18.7. The summed E-state index contributed by atoms with van der Waals surface area (Å²) in [5.41, 5.74) is -0.717. The van der Waals surface area contributed by atoms with E-state index >= 15 is 0 Å². The van der Waals surface area contributed by atoms with Gasteiger partial charge in [-0.25, -0.2) is 0 Å². The molecule has 33 nitrogen and oxygen atoms in total. The van der Waals surface area contributed by atoms with Crippen molar-refractivity contribution in [3.8, 4) is 23.0 Å². The maximum atomic E-state index is 13.5. The molecule has 0 spiro atoms. The number of azo groups is 5. The molecule has 8 aromatic rings. The fourth-order valence-electron chi connectivity index (χ4n) is 8.69. The first-order valence-electron chi connectivity index (χ1n) is 26.7. The molecule has 8 aromatic carbocycles. The van der Waals surface area contributed by atoms with Crippen molar-refractivity contribution in [1.29, 1.82) is 0 Å². The quantitative estimate of drug-likeness (QED) is 0.0108. The predicted molar refractivity (Wildman–Crippen MR) is 346 cm³/mol. The lowest BCUT2D eigenvalue weighted by Gasteiger charge is -2.09. The van der Waals surface area contributed by atoms with Crippen LogP contribution in [0.15, 0.2) is 209 Å². The summed E-state index contributed by atoms with van der Waals surface area (Å²) in [6.07, 6.45) is 4.15. The van der Waals surface area contributed by atoms with Gasteiger partial charge in [0.05, 0.1) is 62.6 Å². The van der Waals surface area contributed by atoms with Crippen molar-refractivity contribution in [2.24, 2.45) is 46.0 Å². The van der Waals surface area contributed by atoms with Crippen LogP contribution in [0.1, 0.15) is 33.4 Å². The third kappa shape index (κ3) is 18.2. The summed E-state index contributed by atoms with van der Waals surface area (Å²) in [4.78, 5) is -4.54. The Morgan fingerprint density at radius 1 is 0.320 bits per heavy atom. The topological polar surface area (TPSA) is 500 Å². The predicted octanol–water partition coefficient (Wildman–Crippen LogP) is 13.7. The number of hydrogen-bond donors (Lipinski definition) is 6. The smallest absolute Gasteiger partial charge is 0.298 e. The van der Waals surface area contributed by atoms with Crippen molar-refractivity contribution in [3.05, 3.63) is 172 Å². The van der Waals surface area contributed by atoms with Gasteiger partial charge in [-0.05, 0) is 138 Å². The fraction of sp³-hybridized carbons (Fsp3) is 0.103. The van der Waals surface area contributed by atoms with Gasteiger partial charge in [-0.1, -0.05) is 47.4 Å². The molecular formula is C58H50N10O23S6. The van der Waals surface area contributed by atoms with Crippen LogP contribution >= 0.6 is 0 Å². The zero-order chi connectivity index (χ0) is 71.2. The van der Waals surface area contributed by atoms with E-state index < -0.39 is 101 Å². The Hall–Kier alpha value is -10.3. The Kier molecular flexibility index (Phi) is 21.7. The van der Waals surface area contributed by atoms with Gasteiger partial charge in [0.25, 0.3) is 60.7 Å². The standard InChI is InChI=1S/C58H50N10O23S6/c1-33-23-47(51(90-5)31-45(33)63-59-41-18-21-49(88-3)57(27-41)96(82,83)84)65-61-39-15-11-35(53(25-39)92(70,71)72)7-8-37-13-17-43(29-55(37)94(76,77)78)67-68(69)44-20-14-38(56(30-44)95(79,80)81)10-9-36-12-16-40(26-54(36)93(73,74)75)62-66-48-24-34(2)46(32-52(48)91-6)64-60-42-19-22-50(89-4)58(28-42)97(85,86)87/h7-32H,1-6H3,(H,70,71,72)(H,73,74,75)(H,76,77,78)(H,79,80,81)(H,82,83,84)(H,85,86,87)/b8-7+,10-9+,63-59?,64-60?,65-61?,66-62?,68-67?. The molecule has 0 bridgehead atoms. The van der Waals surface area contributed by atoms with Gasteiger partial charge in [0, 0.05) is 29.4 Å². The highest BCUT2D eigenvalue weighted by Gasteiger charge is 2.24. The van der Waals surface area contributed by atoms with Crippen LogP contribution in [-0.2, 0) is 60.7 Å². The first kappa shape index (κ1) is 72.5. The first-order valence-corrected chi connectivity index (χ1v) is 35.4. The molecular weight excluding hydrogens is 1400 g/mol. The Balaban J connectivity index is 1.01. The van der Waals surface area contributed by atoms with E-state index in [1.165, 1.54) is 101 Å². The second-order valence-corrected chi connectivity index (χ2v) is 28.2. The molecule has 0 radical (unpaired) electrons. The summed E-state index contributed by atoms with van der Waals surface area (Å²) in [7, 11) is -24.8. The summed E-state index contributed by atoms with van der Waals surface area (Å²) < 4.78 is 230. The Labute approximate surface area is 553 Å². The van der Waals surface area contributed by atoms with Crippen molar-refractivity contribution in [1.82, 2.24) is 0 Å². The van der Waals surface area contributed by atoms with Crippen LogP contribution < -0.4 is 18.9 Å². The average molecular weight is 1450 g/mol. The van der Waals surface area contributed by atoms with Gasteiger partial charge in [-0.2, -0.15) is 81.2 Å². The number of nitrogens with zero attached hydrogens (tertiary/aromatic N) is 10. The molecule has 0 aliphatic heterocycles. The van der Waals surface area contributed by atoms with Crippen LogP contribution in [0, 0.1) is 19.1 Å². The molecule has 6 N–H and O–H groups in total. The number of hydrogen-bond acceptors (Lipinski definition) is 26. The van der Waals surface area contributed by atoms with Crippen molar-refractivity contribution in [3.63, 3.8) is 0 Å². The minimum Gasteiger partial charge on any atom is -0.594 e. The van der Waals surface area contributed by atoms with Crippen LogP contribution in [0.25, 0.3) is 24.3 Å². The summed E-state index contributed by atoms with van der Waals surface area (Å²) in [6.45, 7) is 3.23. The molecule has 0 saturated heterocycles. The van der Waals surface area contributed by atoms with E-state index in [-0.39, 0.29) is 95.6 Å². The normalized spacial score (nSPS) is 13.1. The lowest BCUT2D eigenvalue weighted by molar-refractivity contribution is -0.435. The van der Waals surface area contributed by atoms with Crippen LogP contribution in [0.2, 0.25) is 0 Å². The number of rotatable bonds is 24. The van der Waals surface area contributed by atoms with Crippen molar-refractivity contribution >= 4 is 142 Å². The van der Waals surface area contributed by atoms with Crippen LogP contribution in [0.3, 0.4) is 0 Å². The molecule has 97 heavy (non-hydrogen) atoms. The van der Waals surface area contributed by atoms with E-state index in [0.29, 0.717) is 17.2 Å². The molecule has 0 atom stereocenters. The zero-order valence-corrected chi connectivity index (χ0v) is 55.5. The molecule has 8 rings (SSSR count). The molecule has 0 heterocycles. The summed E-state index contributed by atoms with van der Waals surface area (Å²) >= 11 is 0. The van der Waals surface area contributed by atoms with Crippen LogP contribution in [0.4, 0.5) is 56.9 Å². The average Bonchev–Trinajstić information content (AvgIpc) is 0.837. The number of methoxy groups -OCH3 is 4. The van der Waals surface area contributed by atoms with Crippen molar-refractivity contribution in [2.45, 2.75) is 43.2 Å². The SMILES string of the molecule is COc1cc(N=Nc2ccc(OC)c(S(=O)(=O)O)c2)c(C)cc1N=Nc1ccc(/C=C/c2ccc(N=[N+]([O-])c3ccc(/C=C/c4ccc(N=Nc5cc(C)c(N=Nc6ccc(OC)c(S(=O)(=O)O)c6)cc5OC)cc4S(=O)(=O)O)c(S(=O)(=O)O)c3)cc2S(=O)(=O)O)c(S(=O)(=O)O)c1. The van der Waals surface area contributed by atoms with E-state index in [4.69, 9.17) is 18.9 Å². The van der Waals surface area contributed by atoms with Gasteiger partial charge >= 0.3 is 0 Å². The van der Waals surface area contributed by atoms with Crippen molar-refractivity contribution < 1.29 is 102 Å². The number of aryl methyl sites for hydroxylation is 2. The molecule has 0 aromatic heterocycles. The third-order valence-electron chi connectivity index (χ3n) is 13.4. The van der Waals surface area contributed by atoms with Crippen molar-refractivity contribution in [2.75, 3.05) is 28.4 Å². The van der Waals surface area contributed by atoms with Gasteiger partial charge in [0.2, 0.25) is 5.69 Å². The molecule has 0 fully saturated rings. The van der Waals surface area contributed by atoms with E-state index in [2.05, 4.69) is 46.0 Å². The highest BCUT2D eigenvalue weighted by molar-refractivity contribution is 7.87. The Morgan fingerprint density at radius 3 is 0.907 bits per heavy atom. The maximum absolute atomic E-state index is 13.5. The molecule has 39 heteroatoms. The van der Waals surface area contributed by atoms with Crippen LogP contribution in [-0.4, -0.2) is 111 Å². The molecule has 0 aliphatic rings. The minimum atomic E-state index is -5.21. The number of benzene rings is 8. The molecule has 0 aliphatic carbocycles. The Bertz CT molecular complexity index is 5450. The van der Waals surface area contributed by atoms with E-state index in [0.717, 1.165) is 78.9 Å². The second kappa shape index (κ2) is 29.0. The lowest BCUT2D eigenvalue weighted by Crippen LogP contribution is -2.03. The van der Waals surface area contributed by atoms with E-state index in [1.807, 2.05) is 0 Å². The summed E-state index contributed by atoms with van der Waals surface area (Å²) in [5.74, 6) is -0.0666. The largest absolute Gasteiger partial charge is 0.594 e. The zero-order valence-electron chi connectivity index (χ0n) is 50.6. The first-order chi connectivity index (χ1) is 45.4. The minimum absolute atomic E-state index is 0.0370.